The van der Waals surface area contributed by atoms with Crippen LogP contribution in [0.3, 0.4) is 0 Å². The SMILES string of the molecule is COc1cnn(C(C)C)c1C1CNCCC1C. The number of methoxy groups -OCH3 is 1. The molecule has 2 heterocycles. The number of ether oxygens (including phenoxy) is 1. The Bertz CT molecular complexity index is 373. The van der Waals surface area contributed by atoms with Crippen LogP contribution in [0.2, 0.25) is 0 Å². The molecule has 0 bridgehead atoms. The topological polar surface area (TPSA) is 39.1 Å². The van der Waals surface area contributed by atoms with E-state index in [1.807, 2.05) is 6.20 Å². The predicted molar refractivity (Wildman–Crippen MR) is 68.6 cm³/mol. The summed E-state index contributed by atoms with van der Waals surface area (Å²) in [6, 6.07) is 0.378. The fourth-order valence-electron chi connectivity index (χ4n) is 2.63. The molecule has 4 heteroatoms. The van der Waals surface area contributed by atoms with E-state index in [0.717, 1.165) is 18.8 Å². The molecule has 1 aliphatic heterocycles. The van der Waals surface area contributed by atoms with E-state index in [9.17, 15) is 0 Å². The molecule has 0 aromatic carbocycles. The van der Waals surface area contributed by atoms with Crippen LogP contribution in [0.25, 0.3) is 0 Å². The first-order valence-electron chi connectivity index (χ1n) is 6.47. The van der Waals surface area contributed by atoms with Gasteiger partial charge in [0.15, 0.2) is 5.75 Å². The summed E-state index contributed by atoms with van der Waals surface area (Å²) < 4.78 is 7.57. The number of piperidine rings is 1. The number of nitrogens with zero attached hydrogens (tertiary/aromatic N) is 2. The van der Waals surface area contributed by atoms with Crippen molar-refractivity contribution in [2.75, 3.05) is 20.2 Å². The van der Waals surface area contributed by atoms with Crippen LogP contribution in [0, 0.1) is 5.92 Å². The van der Waals surface area contributed by atoms with Gasteiger partial charge in [0.25, 0.3) is 0 Å². The molecule has 1 saturated heterocycles. The lowest BCUT2D eigenvalue weighted by molar-refractivity contribution is 0.312. The van der Waals surface area contributed by atoms with Gasteiger partial charge in [-0.2, -0.15) is 5.10 Å². The summed E-state index contributed by atoms with van der Waals surface area (Å²) in [7, 11) is 1.73. The normalized spacial score (nSPS) is 25.2. The van der Waals surface area contributed by atoms with Crippen molar-refractivity contribution in [1.29, 1.82) is 0 Å². The van der Waals surface area contributed by atoms with Gasteiger partial charge in [0, 0.05) is 18.5 Å². The zero-order chi connectivity index (χ0) is 12.4. The Balaban J connectivity index is 2.37. The molecule has 1 aromatic rings. The van der Waals surface area contributed by atoms with E-state index in [1.54, 1.807) is 7.11 Å². The monoisotopic (exact) mass is 237 g/mol. The number of hydrogen-bond acceptors (Lipinski definition) is 3. The summed E-state index contributed by atoms with van der Waals surface area (Å²) in [4.78, 5) is 0. The van der Waals surface area contributed by atoms with Crippen LogP contribution in [0.1, 0.15) is 44.8 Å². The summed E-state index contributed by atoms with van der Waals surface area (Å²) in [5, 5.41) is 7.93. The van der Waals surface area contributed by atoms with Gasteiger partial charge in [0.05, 0.1) is 19.0 Å². The van der Waals surface area contributed by atoms with Crippen LogP contribution in [0.15, 0.2) is 6.20 Å². The lowest BCUT2D eigenvalue weighted by Crippen LogP contribution is -2.35. The Hall–Kier alpha value is -1.03. The molecule has 1 N–H and O–H groups in total. The van der Waals surface area contributed by atoms with Crippen molar-refractivity contribution in [1.82, 2.24) is 15.1 Å². The van der Waals surface area contributed by atoms with Crippen LogP contribution >= 0.6 is 0 Å². The maximum Gasteiger partial charge on any atom is 0.160 e. The molecule has 17 heavy (non-hydrogen) atoms. The van der Waals surface area contributed by atoms with Crippen molar-refractivity contribution in [3.63, 3.8) is 0 Å². The predicted octanol–water partition coefficient (Wildman–Crippen LogP) is 2.19. The van der Waals surface area contributed by atoms with Gasteiger partial charge in [0.1, 0.15) is 0 Å². The second-order valence-corrected chi connectivity index (χ2v) is 5.21. The molecule has 0 spiro atoms. The Kier molecular flexibility index (Phi) is 3.72. The molecule has 0 saturated carbocycles. The molecule has 1 aromatic heterocycles. The fourth-order valence-corrected chi connectivity index (χ4v) is 2.63. The van der Waals surface area contributed by atoms with Gasteiger partial charge in [-0.25, -0.2) is 0 Å². The molecular weight excluding hydrogens is 214 g/mol. The van der Waals surface area contributed by atoms with Gasteiger partial charge >= 0.3 is 0 Å². The average molecular weight is 237 g/mol. The van der Waals surface area contributed by atoms with Crippen molar-refractivity contribution in [2.24, 2.45) is 5.92 Å². The minimum atomic E-state index is 0.378. The molecule has 2 atom stereocenters. The van der Waals surface area contributed by atoms with Crippen LogP contribution in [0.4, 0.5) is 0 Å². The zero-order valence-corrected chi connectivity index (χ0v) is 11.2. The highest BCUT2D eigenvalue weighted by Gasteiger charge is 2.29. The van der Waals surface area contributed by atoms with Gasteiger partial charge < -0.3 is 10.1 Å². The van der Waals surface area contributed by atoms with Gasteiger partial charge in [-0.1, -0.05) is 6.92 Å². The highest BCUT2D eigenvalue weighted by Crippen LogP contribution is 2.35. The third-order valence-corrected chi connectivity index (χ3v) is 3.69. The lowest BCUT2D eigenvalue weighted by atomic mass is 9.85. The molecule has 0 aliphatic carbocycles. The summed E-state index contributed by atoms with van der Waals surface area (Å²) in [5.41, 5.74) is 1.25. The molecule has 0 amide bonds. The summed E-state index contributed by atoms with van der Waals surface area (Å²) in [5.74, 6) is 2.11. The number of hydrogen-bond donors (Lipinski definition) is 1. The van der Waals surface area contributed by atoms with Gasteiger partial charge in [0.2, 0.25) is 0 Å². The molecule has 0 radical (unpaired) electrons. The molecular formula is C13H23N3O. The smallest absolute Gasteiger partial charge is 0.160 e. The molecule has 1 aliphatic rings. The summed E-state index contributed by atoms with van der Waals surface area (Å²) >= 11 is 0. The van der Waals surface area contributed by atoms with E-state index < -0.39 is 0 Å². The fraction of sp³-hybridized carbons (Fsp3) is 0.769. The third kappa shape index (κ3) is 2.32. The van der Waals surface area contributed by atoms with Crippen molar-refractivity contribution < 1.29 is 4.74 Å². The molecule has 96 valence electrons. The maximum atomic E-state index is 5.47. The Morgan fingerprint density at radius 3 is 2.88 bits per heavy atom. The standard InChI is InChI=1S/C13H23N3O/c1-9(2)16-13(12(17-4)8-15-16)11-7-14-6-5-10(11)3/h8-11,14H,5-7H2,1-4H3. The van der Waals surface area contributed by atoms with Crippen molar-refractivity contribution in [2.45, 2.75) is 39.2 Å². The second kappa shape index (κ2) is 5.08. The average Bonchev–Trinajstić information content (AvgIpc) is 2.73. The lowest BCUT2D eigenvalue weighted by Gasteiger charge is -2.31. The molecule has 2 unspecified atom stereocenters. The Morgan fingerprint density at radius 2 is 2.29 bits per heavy atom. The largest absolute Gasteiger partial charge is 0.493 e. The quantitative estimate of drug-likeness (QED) is 0.876. The third-order valence-electron chi connectivity index (χ3n) is 3.69. The van der Waals surface area contributed by atoms with Crippen LogP contribution in [-0.4, -0.2) is 30.0 Å². The van der Waals surface area contributed by atoms with Crippen molar-refractivity contribution >= 4 is 0 Å². The first-order valence-corrected chi connectivity index (χ1v) is 6.47. The van der Waals surface area contributed by atoms with Crippen molar-refractivity contribution in [3.05, 3.63) is 11.9 Å². The Labute approximate surface area is 103 Å². The van der Waals surface area contributed by atoms with E-state index in [4.69, 9.17) is 4.74 Å². The number of aromatic nitrogens is 2. The zero-order valence-electron chi connectivity index (χ0n) is 11.2. The highest BCUT2D eigenvalue weighted by atomic mass is 16.5. The van der Waals surface area contributed by atoms with Crippen LogP contribution in [0.5, 0.6) is 5.75 Å². The molecule has 1 fully saturated rings. The van der Waals surface area contributed by atoms with E-state index >= 15 is 0 Å². The van der Waals surface area contributed by atoms with E-state index in [0.29, 0.717) is 17.9 Å². The molecule has 2 rings (SSSR count). The first kappa shape index (κ1) is 12.4. The van der Waals surface area contributed by atoms with Gasteiger partial charge in [-0.15, -0.1) is 0 Å². The van der Waals surface area contributed by atoms with Crippen LogP contribution in [-0.2, 0) is 0 Å². The Morgan fingerprint density at radius 1 is 1.53 bits per heavy atom. The summed E-state index contributed by atoms with van der Waals surface area (Å²) in [6.45, 7) is 8.79. The van der Waals surface area contributed by atoms with Crippen LogP contribution < -0.4 is 10.1 Å². The van der Waals surface area contributed by atoms with E-state index in [2.05, 4.69) is 35.9 Å². The minimum absolute atomic E-state index is 0.378. The number of nitrogens with one attached hydrogen (secondary N) is 1. The number of rotatable bonds is 3. The van der Waals surface area contributed by atoms with E-state index in [-0.39, 0.29) is 0 Å². The van der Waals surface area contributed by atoms with Crippen molar-refractivity contribution in [3.8, 4) is 5.75 Å². The molecule has 4 nitrogen and oxygen atoms in total. The first-order chi connectivity index (χ1) is 8.15. The highest BCUT2D eigenvalue weighted by molar-refractivity contribution is 5.30. The second-order valence-electron chi connectivity index (χ2n) is 5.21. The van der Waals surface area contributed by atoms with E-state index in [1.165, 1.54) is 12.1 Å². The minimum Gasteiger partial charge on any atom is -0.493 e. The maximum absolute atomic E-state index is 5.47. The van der Waals surface area contributed by atoms with Gasteiger partial charge in [-0.05, 0) is 32.7 Å². The van der Waals surface area contributed by atoms with Gasteiger partial charge in [-0.3, -0.25) is 4.68 Å². The summed E-state index contributed by atoms with van der Waals surface area (Å²) in [6.07, 6.45) is 3.06.